The van der Waals surface area contributed by atoms with E-state index in [4.69, 9.17) is 0 Å². The summed E-state index contributed by atoms with van der Waals surface area (Å²) in [5.74, 6) is -0.725. The van der Waals surface area contributed by atoms with Crippen LogP contribution in [0.25, 0.3) is 0 Å². The molecule has 2 aromatic heterocycles. The predicted octanol–water partition coefficient (Wildman–Crippen LogP) is 3.55. The fourth-order valence-corrected chi connectivity index (χ4v) is 4.31. The summed E-state index contributed by atoms with van der Waals surface area (Å²) in [5, 5.41) is 7.53. The lowest BCUT2D eigenvalue weighted by Gasteiger charge is -2.28. The minimum Gasteiger partial charge on any atom is -0.346 e. The fourth-order valence-electron chi connectivity index (χ4n) is 4.31. The van der Waals surface area contributed by atoms with Crippen LogP contribution >= 0.6 is 0 Å². The van der Waals surface area contributed by atoms with Crippen LogP contribution in [0.4, 0.5) is 4.39 Å². The van der Waals surface area contributed by atoms with Crippen molar-refractivity contribution in [3.05, 3.63) is 82.7 Å². The maximum absolute atomic E-state index is 13.1. The van der Waals surface area contributed by atoms with Crippen molar-refractivity contribution in [3.8, 4) is 0 Å². The topological polar surface area (TPSA) is 97.2 Å². The van der Waals surface area contributed by atoms with Crippen LogP contribution in [0.3, 0.4) is 0 Å². The first-order valence-corrected chi connectivity index (χ1v) is 12.1. The molecule has 0 spiro atoms. The van der Waals surface area contributed by atoms with Gasteiger partial charge in [0.15, 0.2) is 11.5 Å². The number of carbonyl (C=O) groups is 3. The summed E-state index contributed by atoms with van der Waals surface area (Å²) in [7, 11) is 0. The van der Waals surface area contributed by atoms with Crippen molar-refractivity contribution in [2.45, 2.75) is 52.7 Å². The van der Waals surface area contributed by atoms with Crippen LogP contribution in [0.5, 0.6) is 0 Å². The lowest BCUT2D eigenvalue weighted by atomic mass is 10.0. The Morgan fingerprint density at radius 2 is 1.89 bits per heavy atom. The molecule has 0 bridgehead atoms. The number of hydrogen-bond donors (Lipinski definition) is 1. The molecule has 0 radical (unpaired) electrons. The minimum absolute atomic E-state index is 0.0406. The molecular weight excluding hydrogens is 461 g/mol. The van der Waals surface area contributed by atoms with Gasteiger partial charge in [-0.2, -0.15) is 5.10 Å². The maximum atomic E-state index is 13.1. The number of rotatable bonds is 9. The number of halogens is 1. The Balaban J connectivity index is 1.45. The van der Waals surface area contributed by atoms with Crippen molar-refractivity contribution in [1.29, 1.82) is 0 Å². The first kappa shape index (κ1) is 25.2. The largest absolute Gasteiger partial charge is 0.346 e. The van der Waals surface area contributed by atoms with Gasteiger partial charge in [0.2, 0.25) is 5.91 Å². The molecule has 3 heterocycles. The van der Waals surface area contributed by atoms with Gasteiger partial charge in [-0.05, 0) is 41.8 Å². The van der Waals surface area contributed by atoms with E-state index in [-0.39, 0.29) is 37.0 Å². The van der Waals surface area contributed by atoms with Crippen molar-refractivity contribution in [1.82, 2.24) is 25.0 Å². The number of ketones is 1. The molecule has 2 amide bonds. The molecule has 0 atom stereocenters. The van der Waals surface area contributed by atoms with Gasteiger partial charge in [-0.15, -0.1) is 0 Å². The van der Waals surface area contributed by atoms with E-state index in [1.165, 1.54) is 24.3 Å². The highest BCUT2D eigenvalue weighted by atomic mass is 19.1. The van der Waals surface area contributed by atoms with Gasteiger partial charge in [0, 0.05) is 74.7 Å². The molecule has 4 rings (SSSR count). The normalized spacial score (nSPS) is 12.9. The quantitative estimate of drug-likeness (QED) is 0.462. The highest BCUT2D eigenvalue weighted by molar-refractivity contribution is 5.98. The zero-order valence-electron chi connectivity index (χ0n) is 20.5. The number of amides is 2. The molecule has 0 fully saturated rings. The molecule has 3 aromatic rings. The number of nitrogens with one attached hydrogen (secondary N) is 1. The van der Waals surface area contributed by atoms with Gasteiger partial charge in [-0.1, -0.05) is 19.9 Å². The van der Waals surface area contributed by atoms with Crippen LogP contribution in [0.15, 0.2) is 48.8 Å². The third-order valence-electron chi connectivity index (χ3n) is 6.15. The number of carbonyl (C=O) groups excluding carboxylic acids is 3. The number of pyridine rings is 1. The second kappa shape index (κ2) is 11.2. The molecule has 9 heteroatoms. The molecule has 8 nitrogen and oxygen atoms in total. The zero-order valence-corrected chi connectivity index (χ0v) is 20.5. The van der Waals surface area contributed by atoms with Crippen LogP contribution in [-0.2, 0) is 30.8 Å². The van der Waals surface area contributed by atoms with Gasteiger partial charge in [0.05, 0.1) is 0 Å². The van der Waals surface area contributed by atoms with Crippen molar-refractivity contribution >= 4 is 17.6 Å². The van der Waals surface area contributed by atoms with Crippen LogP contribution in [0, 0.1) is 11.7 Å². The average molecular weight is 492 g/mol. The first-order chi connectivity index (χ1) is 17.3. The summed E-state index contributed by atoms with van der Waals surface area (Å²) in [6.45, 7) is 5.95. The maximum Gasteiger partial charge on any atom is 0.272 e. The van der Waals surface area contributed by atoms with E-state index in [9.17, 15) is 18.8 Å². The van der Waals surface area contributed by atoms with Crippen molar-refractivity contribution in [2.24, 2.45) is 5.92 Å². The molecule has 188 valence electrons. The number of nitrogens with zero attached hydrogens (tertiary/aromatic N) is 4. The van der Waals surface area contributed by atoms with E-state index in [0.29, 0.717) is 43.2 Å². The molecule has 0 saturated heterocycles. The molecule has 36 heavy (non-hydrogen) atoms. The number of benzene rings is 1. The van der Waals surface area contributed by atoms with E-state index in [1.54, 1.807) is 17.3 Å². The molecule has 0 unspecified atom stereocenters. The Morgan fingerprint density at radius 1 is 1.11 bits per heavy atom. The second-order valence-electron chi connectivity index (χ2n) is 9.39. The van der Waals surface area contributed by atoms with Crippen LogP contribution < -0.4 is 5.32 Å². The monoisotopic (exact) mass is 491 g/mol. The number of Topliss-reactive ketones (excluding diaryl/α,β-unsaturated/α-hetero) is 1. The Bertz CT molecular complexity index is 1240. The molecule has 1 aliphatic heterocycles. The van der Waals surface area contributed by atoms with Crippen LogP contribution in [0.1, 0.15) is 64.4 Å². The van der Waals surface area contributed by atoms with Crippen LogP contribution in [0.2, 0.25) is 0 Å². The van der Waals surface area contributed by atoms with Gasteiger partial charge in [-0.25, -0.2) is 4.39 Å². The molecule has 1 N–H and O–H groups in total. The van der Waals surface area contributed by atoms with Crippen molar-refractivity contribution in [3.63, 3.8) is 0 Å². The average Bonchev–Trinajstić information content (AvgIpc) is 3.23. The lowest BCUT2D eigenvalue weighted by molar-refractivity contribution is -0.132. The van der Waals surface area contributed by atoms with Crippen LogP contribution in [-0.4, -0.2) is 43.8 Å². The van der Waals surface area contributed by atoms with E-state index in [0.717, 1.165) is 16.8 Å². The summed E-state index contributed by atoms with van der Waals surface area (Å²) in [4.78, 5) is 44.2. The molecule has 1 aliphatic rings. The highest BCUT2D eigenvalue weighted by Crippen LogP contribution is 2.25. The third-order valence-corrected chi connectivity index (χ3v) is 6.15. The van der Waals surface area contributed by atoms with Crippen molar-refractivity contribution < 1.29 is 18.8 Å². The summed E-state index contributed by atoms with van der Waals surface area (Å²) >= 11 is 0. The standard InChI is InChI=1S/C27H30FN5O3/c1-18(2)16-33-23-11-13-32(25(35)10-9-24(34)20-5-7-21(28)8-6-20)17-22(23)26(31-33)27(36)30-15-19-4-3-12-29-14-19/h3-8,12,14,18H,9-11,13,15-17H2,1-2H3,(H,30,36). The first-order valence-electron chi connectivity index (χ1n) is 12.1. The lowest BCUT2D eigenvalue weighted by Crippen LogP contribution is -2.37. The number of hydrogen-bond acceptors (Lipinski definition) is 5. The van der Waals surface area contributed by atoms with E-state index >= 15 is 0 Å². The summed E-state index contributed by atoms with van der Waals surface area (Å²) in [6.07, 6.45) is 4.05. The minimum atomic E-state index is -0.412. The van der Waals surface area contributed by atoms with Gasteiger partial charge in [0.25, 0.3) is 5.91 Å². The Labute approximate surface area is 209 Å². The summed E-state index contributed by atoms with van der Waals surface area (Å²) < 4.78 is 15.0. The van der Waals surface area contributed by atoms with E-state index in [1.807, 2.05) is 16.8 Å². The van der Waals surface area contributed by atoms with E-state index in [2.05, 4.69) is 29.2 Å². The molecule has 1 aromatic carbocycles. The zero-order chi connectivity index (χ0) is 25.7. The van der Waals surface area contributed by atoms with Gasteiger partial charge in [-0.3, -0.25) is 24.0 Å². The smallest absolute Gasteiger partial charge is 0.272 e. The molecule has 0 aliphatic carbocycles. The van der Waals surface area contributed by atoms with Gasteiger partial charge in [0.1, 0.15) is 5.82 Å². The van der Waals surface area contributed by atoms with Gasteiger partial charge >= 0.3 is 0 Å². The second-order valence-corrected chi connectivity index (χ2v) is 9.39. The van der Waals surface area contributed by atoms with Crippen molar-refractivity contribution in [2.75, 3.05) is 6.54 Å². The van der Waals surface area contributed by atoms with Gasteiger partial charge < -0.3 is 10.2 Å². The Morgan fingerprint density at radius 3 is 2.58 bits per heavy atom. The third kappa shape index (κ3) is 6.02. The number of fused-ring (bicyclic) bond motifs is 1. The Kier molecular flexibility index (Phi) is 7.87. The molecule has 0 saturated carbocycles. The summed E-state index contributed by atoms with van der Waals surface area (Å²) in [6, 6.07) is 9.01. The number of aromatic nitrogens is 3. The molecular formula is C27H30FN5O3. The summed E-state index contributed by atoms with van der Waals surface area (Å²) in [5.41, 5.74) is 3.32. The highest BCUT2D eigenvalue weighted by Gasteiger charge is 2.30. The fraction of sp³-hybridized carbons (Fsp3) is 0.370. The van der Waals surface area contributed by atoms with E-state index < -0.39 is 5.82 Å². The predicted molar refractivity (Wildman–Crippen MR) is 132 cm³/mol. The SMILES string of the molecule is CC(C)Cn1nc(C(=O)NCc2cccnc2)c2c1CCN(C(=O)CCC(=O)c1ccc(F)cc1)C2. The Hall–Kier alpha value is -3.88.